The van der Waals surface area contributed by atoms with E-state index in [-0.39, 0.29) is 27.9 Å². The molecule has 5 rings (SSSR count). The number of nitrogens with zero attached hydrogens (tertiary/aromatic N) is 5. The van der Waals surface area contributed by atoms with Gasteiger partial charge in [-0.25, -0.2) is 9.78 Å². The zero-order chi connectivity index (χ0) is 30.6. The molecule has 1 saturated heterocycles. The number of primary amides is 1. The molecule has 3 aromatic heterocycles. The Hall–Kier alpha value is -4.49. The van der Waals surface area contributed by atoms with E-state index in [1.165, 1.54) is 35.4 Å². The van der Waals surface area contributed by atoms with Crippen molar-refractivity contribution in [3.63, 3.8) is 0 Å². The zero-order valence-electron chi connectivity index (χ0n) is 22.0. The van der Waals surface area contributed by atoms with Crippen LogP contribution in [0.1, 0.15) is 35.9 Å². The van der Waals surface area contributed by atoms with Gasteiger partial charge < -0.3 is 36.6 Å². The number of amides is 3. The number of carboxylic acids is 2. The van der Waals surface area contributed by atoms with E-state index in [1.54, 1.807) is 34.4 Å². The summed E-state index contributed by atoms with van der Waals surface area (Å²) in [6.07, 6.45) is 0.254. The second-order valence-electron chi connectivity index (χ2n) is 9.15. The standard InChI is InChI=1S/C23H22N8O8S3/c1-7(21(35)36)39-28-13(10-5-41-23(25)26-10)18(33)27-14-19(34)31-16(22(37)38)15(8(2)42-20(14)31)29-4-12-30(9(29)3)11(6-40-12)17(24)32/h4-8,14,20H,1-3H3,(H6-,24,25,26,27,32,33,35,36,37,38)/b28-13-/t7-,8?,14+,20+/m0/s1. The van der Waals surface area contributed by atoms with Crippen LogP contribution in [0.2, 0.25) is 0 Å². The van der Waals surface area contributed by atoms with Crippen LogP contribution in [0.5, 0.6) is 0 Å². The second-order valence-corrected chi connectivity index (χ2v) is 12.4. The van der Waals surface area contributed by atoms with Gasteiger partial charge in [0.05, 0.1) is 11.2 Å². The highest BCUT2D eigenvalue weighted by Crippen LogP contribution is 2.45. The molecule has 2 aliphatic rings. The number of imidazole rings is 1. The van der Waals surface area contributed by atoms with Crippen molar-refractivity contribution in [3.8, 4) is 0 Å². The largest absolute Gasteiger partial charge is 0.543 e. The molecule has 1 unspecified atom stereocenters. The number of hydrogen-bond donors (Lipinski definition) is 4. The van der Waals surface area contributed by atoms with Crippen molar-refractivity contribution in [1.82, 2.24) is 19.8 Å². The lowest BCUT2D eigenvalue weighted by Crippen LogP contribution is -2.72. The lowest BCUT2D eigenvalue weighted by Gasteiger charge is -2.51. The Bertz CT molecular complexity index is 1740. The summed E-state index contributed by atoms with van der Waals surface area (Å²) < 4.78 is 3.17. The van der Waals surface area contributed by atoms with Crippen molar-refractivity contribution in [3.05, 3.63) is 39.9 Å². The fourth-order valence-electron chi connectivity index (χ4n) is 4.55. The number of thioether (sulfide) groups is 1. The maximum atomic E-state index is 13.3. The van der Waals surface area contributed by atoms with Crippen LogP contribution in [-0.2, 0) is 24.0 Å². The Balaban J connectivity index is 1.47. The van der Waals surface area contributed by atoms with Crippen LogP contribution in [0.15, 0.2) is 27.8 Å². The van der Waals surface area contributed by atoms with E-state index in [0.717, 1.165) is 16.2 Å². The van der Waals surface area contributed by atoms with Crippen LogP contribution >= 0.6 is 34.4 Å². The van der Waals surface area contributed by atoms with Gasteiger partial charge in [0.15, 0.2) is 17.0 Å². The molecule has 6 N–H and O–H groups in total. The Morgan fingerprint density at radius 3 is 2.60 bits per heavy atom. The van der Waals surface area contributed by atoms with Crippen molar-refractivity contribution in [2.75, 3.05) is 5.73 Å². The third kappa shape index (κ3) is 4.73. The maximum absolute atomic E-state index is 13.3. The summed E-state index contributed by atoms with van der Waals surface area (Å²) >= 11 is 3.46. The number of nitrogens with two attached hydrogens (primary N) is 2. The van der Waals surface area contributed by atoms with Crippen LogP contribution in [0.3, 0.4) is 0 Å². The average molecular weight is 635 g/mol. The average Bonchev–Trinajstić information content (AvgIpc) is 3.63. The predicted molar refractivity (Wildman–Crippen MR) is 148 cm³/mol. The van der Waals surface area contributed by atoms with E-state index < -0.39 is 58.1 Å². The van der Waals surface area contributed by atoms with Gasteiger partial charge in [-0.15, -0.1) is 23.1 Å². The molecule has 5 heterocycles. The first-order valence-electron chi connectivity index (χ1n) is 12.1. The SMILES string of the molecule is Cc1n(C2=C(C(=O)[O-])N3C(=O)[C@@H](NC(=O)/C(=N\O[C@@H](C)C(=O)O)c4csc(N)n4)[C@H]3SC2C)cc2scc(C(N)=O)[n+]12. The highest BCUT2D eigenvalue weighted by atomic mass is 32.2. The molecule has 0 radical (unpaired) electrons. The summed E-state index contributed by atoms with van der Waals surface area (Å²) in [5.41, 5.74) is 10.8. The third-order valence-corrected chi connectivity index (χ3v) is 9.48. The molecular formula is C23H22N8O8S3. The van der Waals surface area contributed by atoms with Gasteiger partial charge in [-0.2, -0.15) is 8.97 Å². The molecule has 19 heteroatoms. The molecule has 42 heavy (non-hydrogen) atoms. The minimum absolute atomic E-state index is 0.00521. The van der Waals surface area contributed by atoms with Crippen molar-refractivity contribution >= 4 is 85.5 Å². The minimum atomic E-state index is -1.60. The van der Waals surface area contributed by atoms with Gasteiger partial charge >= 0.3 is 5.97 Å². The quantitative estimate of drug-likeness (QED) is 0.0898. The first-order valence-corrected chi connectivity index (χ1v) is 14.8. The number of rotatable bonds is 9. The zero-order valence-corrected chi connectivity index (χ0v) is 24.4. The van der Waals surface area contributed by atoms with Crippen molar-refractivity contribution in [1.29, 1.82) is 0 Å². The van der Waals surface area contributed by atoms with Crippen LogP contribution in [0.25, 0.3) is 10.5 Å². The summed E-state index contributed by atoms with van der Waals surface area (Å²) in [7, 11) is 0. The van der Waals surface area contributed by atoms with Crippen LogP contribution < -0.4 is 26.3 Å². The molecule has 0 bridgehead atoms. The number of anilines is 1. The molecular weight excluding hydrogens is 613 g/mol. The highest BCUT2D eigenvalue weighted by molar-refractivity contribution is 8.01. The van der Waals surface area contributed by atoms with E-state index in [4.69, 9.17) is 21.4 Å². The normalized spacial score (nSPS) is 21.1. The number of oxime groups is 1. The van der Waals surface area contributed by atoms with Gasteiger partial charge in [-0.1, -0.05) is 16.5 Å². The molecule has 3 aromatic rings. The van der Waals surface area contributed by atoms with E-state index in [9.17, 15) is 29.1 Å². The maximum Gasteiger partial charge on any atom is 0.347 e. The summed E-state index contributed by atoms with van der Waals surface area (Å²) in [5, 5.41) is 29.5. The van der Waals surface area contributed by atoms with E-state index in [0.29, 0.717) is 10.7 Å². The molecule has 2 aliphatic heterocycles. The number of aliphatic carboxylic acids is 2. The number of carboxylic acid groups (broad SMARTS) is 2. The van der Waals surface area contributed by atoms with Gasteiger partial charge in [0, 0.05) is 17.7 Å². The highest BCUT2D eigenvalue weighted by Gasteiger charge is 2.56. The Labute approximate surface area is 248 Å². The first-order chi connectivity index (χ1) is 19.8. The van der Waals surface area contributed by atoms with Crippen LogP contribution in [0.4, 0.5) is 5.13 Å². The van der Waals surface area contributed by atoms with Gasteiger partial charge in [-0.05, 0) is 13.8 Å². The Morgan fingerprint density at radius 1 is 1.29 bits per heavy atom. The predicted octanol–water partition coefficient (Wildman–Crippen LogP) is -1.66. The van der Waals surface area contributed by atoms with E-state index >= 15 is 0 Å². The number of carbonyl (C=O) groups excluding carboxylic acids is 4. The number of hydrogen-bond acceptors (Lipinski definition) is 13. The summed E-state index contributed by atoms with van der Waals surface area (Å²) in [6, 6.07) is -1.16. The number of aromatic nitrogens is 3. The summed E-state index contributed by atoms with van der Waals surface area (Å²) in [5.74, 6) is -4.74. The lowest BCUT2D eigenvalue weighted by molar-refractivity contribution is -0.518. The lowest BCUT2D eigenvalue weighted by atomic mass is 10.0. The molecule has 0 aromatic carbocycles. The molecule has 3 amide bonds. The van der Waals surface area contributed by atoms with Gasteiger partial charge in [0.1, 0.15) is 28.5 Å². The van der Waals surface area contributed by atoms with Gasteiger partial charge in [0.2, 0.25) is 16.6 Å². The fourth-order valence-corrected chi connectivity index (χ4v) is 7.50. The molecule has 1 fully saturated rings. The van der Waals surface area contributed by atoms with E-state index in [2.05, 4.69) is 15.5 Å². The number of nitrogen functional groups attached to an aromatic ring is 1. The Kier molecular flexibility index (Phi) is 7.41. The van der Waals surface area contributed by atoms with Crippen molar-refractivity contribution in [2.45, 2.75) is 43.5 Å². The third-order valence-electron chi connectivity index (χ3n) is 6.54. The molecule has 0 aliphatic carbocycles. The molecule has 4 atom stereocenters. The van der Waals surface area contributed by atoms with Crippen LogP contribution in [0, 0.1) is 6.92 Å². The first kappa shape index (κ1) is 29.0. The molecule has 0 saturated carbocycles. The van der Waals surface area contributed by atoms with Gasteiger partial charge in [-0.3, -0.25) is 19.3 Å². The second kappa shape index (κ2) is 10.7. The number of aryl methyl sites for hydroxylation is 1. The monoisotopic (exact) mass is 634 g/mol. The molecule has 0 spiro atoms. The fraction of sp³-hybridized carbons (Fsp3) is 0.304. The van der Waals surface area contributed by atoms with Crippen LogP contribution in [-0.4, -0.2) is 77.7 Å². The number of nitrogens with one attached hydrogen (secondary N) is 1. The Morgan fingerprint density at radius 2 is 2.00 bits per heavy atom. The summed E-state index contributed by atoms with van der Waals surface area (Å²) in [4.78, 5) is 72.6. The number of thiazole rings is 2. The smallest absolute Gasteiger partial charge is 0.347 e. The minimum Gasteiger partial charge on any atom is -0.543 e. The topological polar surface area (TPSA) is 239 Å². The molecule has 220 valence electrons. The summed E-state index contributed by atoms with van der Waals surface area (Å²) in [6.45, 7) is 4.62. The van der Waals surface area contributed by atoms with E-state index in [1.807, 2.05) is 0 Å². The number of carbonyl (C=O) groups is 5. The number of fused-ring (bicyclic) bond motifs is 2. The van der Waals surface area contributed by atoms with Gasteiger partial charge in [0.25, 0.3) is 23.5 Å². The molecule has 16 nitrogen and oxygen atoms in total. The number of β-lactam (4-membered cyclic amide) rings is 1. The van der Waals surface area contributed by atoms with Crippen molar-refractivity contribution in [2.24, 2.45) is 10.9 Å². The van der Waals surface area contributed by atoms with Crippen molar-refractivity contribution < 1.29 is 43.4 Å².